The van der Waals surface area contributed by atoms with Crippen LogP contribution >= 0.6 is 11.3 Å². The smallest absolute Gasteiger partial charge is 0.0898 e. The summed E-state index contributed by atoms with van der Waals surface area (Å²) in [6.07, 6.45) is 4.34. The van der Waals surface area contributed by atoms with E-state index < -0.39 is 0 Å². The Hall–Kier alpha value is -1.13. The summed E-state index contributed by atoms with van der Waals surface area (Å²) < 4.78 is 2.32. The van der Waals surface area contributed by atoms with E-state index in [4.69, 9.17) is 5.73 Å². The highest BCUT2D eigenvalue weighted by atomic mass is 32.1. The molecule has 2 aromatic rings. The van der Waals surface area contributed by atoms with Gasteiger partial charge in [-0.1, -0.05) is 13.8 Å². The first-order valence-electron chi connectivity index (χ1n) is 6.79. The van der Waals surface area contributed by atoms with E-state index in [9.17, 15) is 0 Å². The Balaban J connectivity index is 1.92. The first kappa shape index (κ1) is 12.9. The summed E-state index contributed by atoms with van der Waals surface area (Å²) in [5, 5.41) is 3.28. The fourth-order valence-electron chi connectivity index (χ4n) is 3.10. The Morgan fingerprint density at radius 2 is 2.32 bits per heavy atom. The van der Waals surface area contributed by atoms with Gasteiger partial charge >= 0.3 is 0 Å². The minimum atomic E-state index is 0.178. The number of rotatable bonds is 2. The van der Waals surface area contributed by atoms with Crippen LogP contribution in [0.4, 0.5) is 0 Å². The summed E-state index contributed by atoms with van der Waals surface area (Å²) in [5.41, 5.74) is 10.5. The normalized spacial score (nSPS) is 21.4. The summed E-state index contributed by atoms with van der Waals surface area (Å²) in [7, 11) is 0. The molecule has 0 amide bonds. The maximum absolute atomic E-state index is 6.31. The van der Waals surface area contributed by atoms with E-state index in [-0.39, 0.29) is 6.04 Å². The van der Waals surface area contributed by atoms with Crippen LogP contribution < -0.4 is 5.73 Å². The predicted molar refractivity (Wildman–Crippen MR) is 79.4 cm³/mol. The van der Waals surface area contributed by atoms with Crippen molar-refractivity contribution in [1.29, 1.82) is 0 Å². The number of aryl methyl sites for hydroxylation is 1. The van der Waals surface area contributed by atoms with Crippen molar-refractivity contribution in [2.24, 2.45) is 11.1 Å². The van der Waals surface area contributed by atoms with Gasteiger partial charge in [-0.2, -0.15) is 0 Å². The van der Waals surface area contributed by atoms with E-state index in [2.05, 4.69) is 48.0 Å². The average Bonchev–Trinajstić information content (AvgIpc) is 2.86. The lowest BCUT2D eigenvalue weighted by Gasteiger charge is -2.34. The van der Waals surface area contributed by atoms with Crippen LogP contribution in [0.1, 0.15) is 48.3 Å². The molecule has 19 heavy (non-hydrogen) atoms. The van der Waals surface area contributed by atoms with Crippen LogP contribution in [0.3, 0.4) is 0 Å². The molecule has 1 aliphatic carbocycles. The maximum Gasteiger partial charge on any atom is 0.0898 e. The third-order valence-corrected chi connectivity index (χ3v) is 4.75. The van der Waals surface area contributed by atoms with E-state index >= 15 is 0 Å². The molecule has 0 saturated carbocycles. The van der Waals surface area contributed by atoms with Crippen molar-refractivity contribution in [2.45, 2.75) is 46.2 Å². The van der Waals surface area contributed by atoms with Crippen molar-refractivity contribution in [3.63, 3.8) is 0 Å². The summed E-state index contributed by atoms with van der Waals surface area (Å²) in [6.45, 7) is 7.53. The van der Waals surface area contributed by atoms with Gasteiger partial charge in [-0.25, -0.2) is 4.98 Å². The van der Waals surface area contributed by atoms with Crippen molar-refractivity contribution in [3.05, 3.63) is 39.6 Å². The van der Waals surface area contributed by atoms with E-state index in [1.54, 1.807) is 11.3 Å². The summed E-state index contributed by atoms with van der Waals surface area (Å²) in [5.74, 6) is 0. The van der Waals surface area contributed by atoms with Gasteiger partial charge in [0.1, 0.15) is 0 Å². The number of nitrogens with two attached hydrogens (primary N) is 1. The van der Waals surface area contributed by atoms with Crippen molar-refractivity contribution in [3.8, 4) is 0 Å². The molecule has 1 aliphatic rings. The van der Waals surface area contributed by atoms with Gasteiger partial charge in [0.2, 0.25) is 0 Å². The van der Waals surface area contributed by atoms with Gasteiger partial charge in [0.25, 0.3) is 0 Å². The second-order valence-corrected chi connectivity index (χ2v) is 7.42. The van der Waals surface area contributed by atoms with Crippen molar-refractivity contribution in [1.82, 2.24) is 9.55 Å². The molecule has 0 spiro atoms. The highest BCUT2D eigenvalue weighted by Gasteiger charge is 2.32. The van der Waals surface area contributed by atoms with Crippen LogP contribution in [-0.4, -0.2) is 9.55 Å². The average molecular weight is 275 g/mol. The number of fused-ring (bicyclic) bond motifs is 1. The molecule has 3 rings (SSSR count). The Bertz CT molecular complexity index is 594. The van der Waals surface area contributed by atoms with Crippen LogP contribution in [0.5, 0.6) is 0 Å². The lowest BCUT2D eigenvalue weighted by molar-refractivity contribution is 0.276. The van der Waals surface area contributed by atoms with Crippen LogP contribution in [0.25, 0.3) is 0 Å². The van der Waals surface area contributed by atoms with Gasteiger partial charge in [0.05, 0.1) is 17.2 Å². The van der Waals surface area contributed by atoms with Crippen LogP contribution in [-0.2, 0) is 13.0 Å². The zero-order chi connectivity index (χ0) is 13.6. The standard InChI is InChI=1S/C15H21N3S/c1-10-17-11(9-19-10)8-18-5-4-12-13(16)6-15(2,3)7-14(12)18/h4-5,9,13H,6-8,16H2,1-3H3. The molecule has 0 saturated heterocycles. The summed E-state index contributed by atoms with van der Waals surface area (Å²) in [6, 6.07) is 2.37. The Morgan fingerprint density at radius 3 is 3.00 bits per heavy atom. The van der Waals surface area contributed by atoms with Gasteiger partial charge in [-0.05, 0) is 36.8 Å². The number of nitrogens with zero attached hydrogens (tertiary/aromatic N) is 2. The summed E-state index contributed by atoms with van der Waals surface area (Å²) in [4.78, 5) is 4.56. The minimum absolute atomic E-state index is 0.178. The number of hydrogen-bond donors (Lipinski definition) is 1. The highest BCUT2D eigenvalue weighted by molar-refractivity contribution is 7.09. The zero-order valence-electron chi connectivity index (χ0n) is 11.8. The van der Waals surface area contributed by atoms with E-state index in [1.165, 1.54) is 11.3 Å². The van der Waals surface area contributed by atoms with E-state index in [1.807, 2.05) is 0 Å². The van der Waals surface area contributed by atoms with Crippen molar-refractivity contribution >= 4 is 11.3 Å². The van der Waals surface area contributed by atoms with Gasteiger partial charge in [0, 0.05) is 23.3 Å². The number of hydrogen-bond acceptors (Lipinski definition) is 3. The van der Waals surface area contributed by atoms with Crippen LogP contribution in [0.15, 0.2) is 17.6 Å². The van der Waals surface area contributed by atoms with Crippen molar-refractivity contribution in [2.75, 3.05) is 0 Å². The molecule has 2 aromatic heterocycles. The molecule has 3 nitrogen and oxygen atoms in total. The Morgan fingerprint density at radius 1 is 1.53 bits per heavy atom. The van der Waals surface area contributed by atoms with Gasteiger partial charge in [0.15, 0.2) is 0 Å². The molecular formula is C15H21N3S. The third-order valence-electron chi connectivity index (χ3n) is 3.93. The number of thiazole rings is 1. The molecule has 2 heterocycles. The molecule has 0 fully saturated rings. The lowest BCUT2D eigenvalue weighted by Crippen LogP contribution is -2.30. The molecule has 102 valence electrons. The second kappa shape index (κ2) is 4.46. The highest BCUT2D eigenvalue weighted by Crippen LogP contribution is 2.40. The third kappa shape index (κ3) is 2.47. The number of aromatic nitrogens is 2. The first-order chi connectivity index (χ1) is 8.94. The van der Waals surface area contributed by atoms with Gasteiger partial charge < -0.3 is 10.3 Å². The molecule has 1 atom stereocenters. The SMILES string of the molecule is Cc1nc(Cn2ccc3c2CC(C)(C)CC3N)cs1. The Kier molecular flexibility index (Phi) is 3.02. The van der Waals surface area contributed by atoms with Crippen LogP contribution in [0.2, 0.25) is 0 Å². The topological polar surface area (TPSA) is 43.8 Å². The molecular weight excluding hydrogens is 254 g/mol. The fraction of sp³-hybridized carbons (Fsp3) is 0.533. The lowest BCUT2D eigenvalue weighted by atomic mass is 9.74. The summed E-state index contributed by atoms with van der Waals surface area (Å²) >= 11 is 1.71. The quantitative estimate of drug-likeness (QED) is 0.914. The predicted octanol–water partition coefficient (Wildman–Crippen LogP) is 3.27. The van der Waals surface area contributed by atoms with Crippen LogP contribution in [0, 0.1) is 12.3 Å². The second-order valence-electron chi connectivity index (χ2n) is 6.36. The molecule has 1 unspecified atom stereocenters. The molecule has 0 aromatic carbocycles. The fourth-order valence-corrected chi connectivity index (χ4v) is 3.70. The molecule has 0 bridgehead atoms. The van der Waals surface area contributed by atoms with Gasteiger partial charge in [-0.15, -0.1) is 11.3 Å². The maximum atomic E-state index is 6.31. The molecule has 4 heteroatoms. The first-order valence-corrected chi connectivity index (χ1v) is 7.67. The molecule has 0 aliphatic heterocycles. The van der Waals surface area contributed by atoms with E-state index in [0.717, 1.165) is 30.1 Å². The van der Waals surface area contributed by atoms with E-state index in [0.29, 0.717) is 5.41 Å². The minimum Gasteiger partial charge on any atom is -0.345 e. The van der Waals surface area contributed by atoms with Crippen molar-refractivity contribution < 1.29 is 0 Å². The largest absolute Gasteiger partial charge is 0.345 e. The molecule has 0 radical (unpaired) electrons. The molecule has 2 N–H and O–H groups in total. The zero-order valence-corrected chi connectivity index (χ0v) is 12.6. The monoisotopic (exact) mass is 275 g/mol. The Labute approximate surface area is 118 Å². The van der Waals surface area contributed by atoms with Gasteiger partial charge in [-0.3, -0.25) is 0 Å².